The molecular formula is C13H24BrNO2. The minimum absolute atomic E-state index is 0.0322. The summed E-state index contributed by atoms with van der Waals surface area (Å²) in [6, 6.07) is 0. The van der Waals surface area contributed by atoms with Gasteiger partial charge in [-0.1, -0.05) is 29.3 Å². The molecule has 1 saturated heterocycles. The Labute approximate surface area is 113 Å². The quantitative estimate of drug-likeness (QED) is 0.558. The van der Waals surface area contributed by atoms with Gasteiger partial charge in [0.2, 0.25) is 0 Å². The fourth-order valence-electron chi connectivity index (χ4n) is 2.51. The molecule has 100 valence electrons. The van der Waals surface area contributed by atoms with Gasteiger partial charge < -0.3 is 9.64 Å². The van der Waals surface area contributed by atoms with E-state index in [9.17, 15) is 4.79 Å². The molecule has 0 bridgehead atoms. The molecule has 0 saturated carbocycles. The first-order valence-corrected chi connectivity index (χ1v) is 7.69. The van der Waals surface area contributed by atoms with E-state index in [2.05, 4.69) is 27.8 Å². The van der Waals surface area contributed by atoms with Crippen molar-refractivity contribution in [3.05, 3.63) is 0 Å². The van der Waals surface area contributed by atoms with Crippen molar-refractivity contribution in [2.24, 2.45) is 11.8 Å². The molecule has 1 rings (SSSR count). The number of hydrogen-bond acceptors (Lipinski definition) is 3. The van der Waals surface area contributed by atoms with Gasteiger partial charge in [0.25, 0.3) is 0 Å². The van der Waals surface area contributed by atoms with Crippen LogP contribution in [0.5, 0.6) is 0 Å². The van der Waals surface area contributed by atoms with Crippen LogP contribution in [-0.2, 0) is 9.53 Å². The van der Waals surface area contributed by atoms with E-state index in [1.54, 1.807) is 0 Å². The predicted molar refractivity (Wildman–Crippen MR) is 73.4 cm³/mol. The van der Waals surface area contributed by atoms with Crippen LogP contribution in [0, 0.1) is 11.8 Å². The summed E-state index contributed by atoms with van der Waals surface area (Å²) in [4.78, 5) is 13.9. The number of piperidine rings is 1. The smallest absolute Gasteiger partial charge is 0.308 e. The molecule has 0 aromatic carbocycles. The summed E-state index contributed by atoms with van der Waals surface area (Å²) in [5, 5.41) is 1.08. The average Bonchev–Trinajstić information content (AvgIpc) is 2.38. The van der Waals surface area contributed by atoms with Crippen LogP contribution in [0.25, 0.3) is 0 Å². The van der Waals surface area contributed by atoms with E-state index in [0.717, 1.165) is 43.7 Å². The largest absolute Gasteiger partial charge is 0.469 e. The molecule has 4 heteroatoms. The Balaban J connectivity index is 2.29. The number of methoxy groups -OCH3 is 1. The SMILES string of the molecule is CCCC(CBr)CN1CCC(C(=O)OC)CC1. The van der Waals surface area contributed by atoms with E-state index in [1.807, 2.05) is 0 Å². The van der Waals surface area contributed by atoms with Gasteiger partial charge in [-0.15, -0.1) is 0 Å². The van der Waals surface area contributed by atoms with Crippen LogP contribution in [0.2, 0.25) is 0 Å². The fraction of sp³-hybridized carbons (Fsp3) is 0.923. The zero-order valence-electron chi connectivity index (χ0n) is 11.0. The van der Waals surface area contributed by atoms with E-state index in [0.29, 0.717) is 0 Å². The number of carbonyl (C=O) groups is 1. The van der Waals surface area contributed by atoms with E-state index in [1.165, 1.54) is 20.0 Å². The van der Waals surface area contributed by atoms with Crippen molar-refractivity contribution in [1.82, 2.24) is 4.90 Å². The lowest BCUT2D eigenvalue weighted by atomic mass is 9.95. The van der Waals surface area contributed by atoms with E-state index in [-0.39, 0.29) is 11.9 Å². The maximum atomic E-state index is 11.4. The Kier molecular flexibility index (Phi) is 7.12. The number of likely N-dealkylation sites (tertiary alicyclic amines) is 1. The number of rotatable bonds is 6. The number of esters is 1. The summed E-state index contributed by atoms with van der Waals surface area (Å²) >= 11 is 3.59. The van der Waals surface area contributed by atoms with E-state index in [4.69, 9.17) is 4.74 Å². The Morgan fingerprint density at radius 2 is 2.12 bits per heavy atom. The Hall–Kier alpha value is -0.0900. The highest BCUT2D eigenvalue weighted by Crippen LogP contribution is 2.20. The molecule has 0 aromatic rings. The lowest BCUT2D eigenvalue weighted by molar-refractivity contribution is -0.147. The maximum Gasteiger partial charge on any atom is 0.308 e. The van der Waals surface area contributed by atoms with Crippen molar-refractivity contribution in [2.45, 2.75) is 32.6 Å². The topological polar surface area (TPSA) is 29.5 Å². The first-order chi connectivity index (χ1) is 8.21. The monoisotopic (exact) mass is 305 g/mol. The lowest BCUT2D eigenvalue weighted by Crippen LogP contribution is -2.39. The Bertz CT molecular complexity index is 227. The van der Waals surface area contributed by atoms with Gasteiger partial charge in [0.1, 0.15) is 0 Å². The second-order valence-corrected chi connectivity index (χ2v) is 5.55. The molecule has 0 N–H and O–H groups in total. The van der Waals surface area contributed by atoms with Gasteiger partial charge in [-0.2, -0.15) is 0 Å². The van der Waals surface area contributed by atoms with Crippen molar-refractivity contribution < 1.29 is 9.53 Å². The molecule has 0 spiro atoms. The van der Waals surface area contributed by atoms with Gasteiger partial charge in [0, 0.05) is 11.9 Å². The van der Waals surface area contributed by atoms with Crippen LogP contribution >= 0.6 is 15.9 Å². The first-order valence-electron chi connectivity index (χ1n) is 6.57. The van der Waals surface area contributed by atoms with Gasteiger partial charge in [-0.25, -0.2) is 0 Å². The molecule has 1 aliphatic heterocycles. The third-order valence-corrected chi connectivity index (χ3v) is 4.47. The molecule has 1 fully saturated rings. The number of nitrogens with zero attached hydrogens (tertiary/aromatic N) is 1. The summed E-state index contributed by atoms with van der Waals surface area (Å²) in [6.07, 6.45) is 4.43. The second-order valence-electron chi connectivity index (χ2n) is 4.91. The van der Waals surface area contributed by atoms with Gasteiger partial charge >= 0.3 is 5.97 Å². The molecule has 1 atom stereocenters. The highest BCUT2D eigenvalue weighted by Gasteiger charge is 2.26. The molecule has 0 amide bonds. The van der Waals surface area contributed by atoms with Gasteiger partial charge in [-0.3, -0.25) is 4.79 Å². The second kappa shape index (κ2) is 8.09. The van der Waals surface area contributed by atoms with Crippen molar-refractivity contribution in [3.63, 3.8) is 0 Å². The standard InChI is InChI=1S/C13H24BrNO2/c1-3-4-11(9-14)10-15-7-5-12(6-8-15)13(16)17-2/h11-12H,3-10H2,1-2H3. The summed E-state index contributed by atoms with van der Waals surface area (Å²) in [6.45, 7) is 5.46. The summed E-state index contributed by atoms with van der Waals surface area (Å²) < 4.78 is 4.80. The minimum Gasteiger partial charge on any atom is -0.469 e. The molecule has 1 unspecified atom stereocenters. The van der Waals surface area contributed by atoms with Crippen LogP contribution in [0.3, 0.4) is 0 Å². The third-order valence-electron chi connectivity index (χ3n) is 3.55. The first kappa shape index (κ1) is 15.0. The molecule has 0 aromatic heterocycles. The van der Waals surface area contributed by atoms with Crippen LogP contribution in [0.1, 0.15) is 32.6 Å². The number of alkyl halides is 1. The van der Waals surface area contributed by atoms with Gasteiger partial charge in [0.05, 0.1) is 13.0 Å². The van der Waals surface area contributed by atoms with E-state index >= 15 is 0 Å². The van der Waals surface area contributed by atoms with Crippen LogP contribution in [0.15, 0.2) is 0 Å². The normalized spacial score (nSPS) is 20.2. The molecule has 3 nitrogen and oxygen atoms in total. The highest BCUT2D eigenvalue weighted by molar-refractivity contribution is 9.09. The number of hydrogen-bond donors (Lipinski definition) is 0. The molecule has 1 aliphatic rings. The maximum absolute atomic E-state index is 11.4. The van der Waals surface area contributed by atoms with Crippen molar-refractivity contribution in [1.29, 1.82) is 0 Å². The van der Waals surface area contributed by atoms with Crippen LogP contribution in [0.4, 0.5) is 0 Å². The summed E-state index contributed by atoms with van der Waals surface area (Å²) in [5.74, 6) is 0.842. The molecule has 1 heterocycles. The zero-order valence-corrected chi connectivity index (χ0v) is 12.5. The highest BCUT2D eigenvalue weighted by atomic mass is 79.9. The summed E-state index contributed by atoms with van der Waals surface area (Å²) in [5.41, 5.74) is 0. The fourth-order valence-corrected chi connectivity index (χ4v) is 3.04. The number of carbonyl (C=O) groups excluding carboxylic acids is 1. The van der Waals surface area contributed by atoms with Crippen LogP contribution in [-0.4, -0.2) is 42.9 Å². The Morgan fingerprint density at radius 3 is 2.59 bits per heavy atom. The lowest BCUT2D eigenvalue weighted by Gasteiger charge is -2.32. The van der Waals surface area contributed by atoms with Crippen molar-refractivity contribution in [2.75, 3.05) is 32.1 Å². The minimum atomic E-state index is -0.0322. The Morgan fingerprint density at radius 1 is 1.47 bits per heavy atom. The van der Waals surface area contributed by atoms with Gasteiger partial charge in [-0.05, 0) is 38.3 Å². The van der Waals surface area contributed by atoms with E-state index < -0.39 is 0 Å². The average molecular weight is 306 g/mol. The molecule has 17 heavy (non-hydrogen) atoms. The summed E-state index contributed by atoms with van der Waals surface area (Å²) in [7, 11) is 1.48. The zero-order chi connectivity index (χ0) is 12.7. The predicted octanol–water partition coefficient (Wildman–Crippen LogP) is 2.68. The van der Waals surface area contributed by atoms with Crippen LogP contribution < -0.4 is 0 Å². The van der Waals surface area contributed by atoms with Crippen molar-refractivity contribution >= 4 is 21.9 Å². The number of halogens is 1. The third kappa shape index (κ3) is 4.96. The van der Waals surface area contributed by atoms with Crippen molar-refractivity contribution in [3.8, 4) is 0 Å². The van der Waals surface area contributed by atoms with Gasteiger partial charge in [0.15, 0.2) is 0 Å². The molecule has 0 aliphatic carbocycles. The number of ether oxygens (including phenoxy) is 1. The molecular weight excluding hydrogens is 282 g/mol. The molecule has 0 radical (unpaired) electrons.